The second kappa shape index (κ2) is 6.16. The maximum absolute atomic E-state index is 13.0. The molecule has 0 radical (unpaired) electrons. The molecule has 0 aliphatic rings. The van der Waals surface area contributed by atoms with Crippen LogP contribution >= 0.6 is 15.9 Å². The molecule has 1 unspecified atom stereocenters. The van der Waals surface area contributed by atoms with Crippen LogP contribution < -0.4 is 5.32 Å². The van der Waals surface area contributed by atoms with Crippen molar-refractivity contribution in [2.45, 2.75) is 19.4 Å². The van der Waals surface area contributed by atoms with Crippen LogP contribution in [-0.4, -0.2) is 6.54 Å². The molecule has 4 heteroatoms. The Labute approximate surface area is 114 Å². The third kappa shape index (κ3) is 3.43. The smallest absolute Gasteiger partial charge is 0.124 e. The fraction of sp³-hybridized carbons (Fsp3) is 0.286. The highest BCUT2D eigenvalue weighted by molar-refractivity contribution is 9.10. The standard InChI is InChI=1S/C14H15BrFNO/c1-10(13-5-4-11(16)9-14(13)15)17-7-6-12-3-2-8-18-12/h2-5,8-10,17H,6-7H2,1H3. The SMILES string of the molecule is CC(NCCc1ccco1)c1ccc(F)cc1Br. The van der Waals surface area contributed by atoms with E-state index in [9.17, 15) is 4.39 Å². The molecule has 0 fully saturated rings. The van der Waals surface area contributed by atoms with Crippen LogP contribution in [0.2, 0.25) is 0 Å². The summed E-state index contributed by atoms with van der Waals surface area (Å²) < 4.78 is 19.0. The molecular formula is C14H15BrFNO. The van der Waals surface area contributed by atoms with Crippen molar-refractivity contribution in [3.05, 3.63) is 58.2 Å². The molecule has 0 aliphatic carbocycles. The Kier molecular flexibility index (Phi) is 4.55. The minimum absolute atomic E-state index is 0.162. The maximum Gasteiger partial charge on any atom is 0.124 e. The van der Waals surface area contributed by atoms with E-state index in [1.54, 1.807) is 12.3 Å². The first-order chi connectivity index (χ1) is 8.66. The molecule has 0 amide bonds. The van der Waals surface area contributed by atoms with Gasteiger partial charge in [0.25, 0.3) is 0 Å². The summed E-state index contributed by atoms with van der Waals surface area (Å²) in [6.45, 7) is 2.87. The summed E-state index contributed by atoms with van der Waals surface area (Å²) in [5, 5.41) is 3.39. The lowest BCUT2D eigenvalue weighted by Gasteiger charge is -2.15. The van der Waals surface area contributed by atoms with E-state index < -0.39 is 0 Å². The van der Waals surface area contributed by atoms with Gasteiger partial charge in [-0.15, -0.1) is 0 Å². The number of furan rings is 1. The Morgan fingerprint density at radius 2 is 2.22 bits per heavy atom. The second-order valence-electron chi connectivity index (χ2n) is 4.17. The Hall–Kier alpha value is -1.13. The van der Waals surface area contributed by atoms with Gasteiger partial charge in [-0.1, -0.05) is 22.0 Å². The first kappa shape index (κ1) is 13.3. The molecule has 0 saturated heterocycles. The summed E-state index contributed by atoms with van der Waals surface area (Å²) in [6.07, 6.45) is 2.52. The molecule has 1 aromatic carbocycles. The molecule has 18 heavy (non-hydrogen) atoms. The molecule has 1 N–H and O–H groups in total. The summed E-state index contributed by atoms with van der Waals surface area (Å²) in [6, 6.07) is 8.76. The molecule has 1 atom stereocenters. The van der Waals surface area contributed by atoms with E-state index in [0.717, 1.165) is 28.8 Å². The maximum atomic E-state index is 13.0. The monoisotopic (exact) mass is 311 g/mol. The predicted octanol–water partition coefficient (Wildman–Crippen LogP) is 4.07. The van der Waals surface area contributed by atoms with Gasteiger partial charge < -0.3 is 9.73 Å². The predicted molar refractivity (Wildman–Crippen MR) is 72.9 cm³/mol. The van der Waals surface area contributed by atoms with Gasteiger partial charge in [-0.3, -0.25) is 0 Å². The zero-order valence-corrected chi connectivity index (χ0v) is 11.7. The highest BCUT2D eigenvalue weighted by Crippen LogP contribution is 2.24. The largest absolute Gasteiger partial charge is 0.469 e. The summed E-state index contributed by atoms with van der Waals surface area (Å²) in [5.74, 6) is 0.737. The van der Waals surface area contributed by atoms with E-state index in [4.69, 9.17) is 4.42 Å². The lowest BCUT2D eigenvalue weighted by atomic mass is 10.1. The van der Waals surface area contributed by atoms with Crippen molar-refractivity contribution in [2.24, 2.45) is 0 Å². The lowest BCUT2D eigenvalue weighted by Crippen LogP contribution is -2.21. The number of hydrogen-bond donors (Lipinski definition) is 1. The fourth-order valence-corrected chi connectivity index (χ4v) is 2.52. The van der Waals surface area contributed by atoms with E-state index in [1.165, 1.54) is 12.1 Å². The van der Waals surface area contributed by atoms with Gasteiger partial charge in [-0.2, -0.15) is 0 Å². The first-order valence-corrected chi connectivity index (χ1v) is 6.67. The van der Waals surface area contributed by atoms with Crippen LogP contribution in [0.3, 0.4) is 0 Å². The summed E-state index contributed by atoms with van der Waals surface area (Å²) >= 11 is 3.38. The molecule has 0 spiro atoms. The highest BCUT2D eigenvalue weighted by atomic mass is 79.9. The molecule has 0 bridgehead atoms. The topological polar surface area (TPSA) is 25.2 Å². The molecule has 1 heterocycles. The van der Waals surface area contributed by atoms with Crippen LogP contribution in [-0.2, 0) is 6.42 Å². The van der Waals surface area contributed by atoms with Crippen LogP contribution in [0.25, 0.3) is 0 Å². The van der Waals surface area contributed by atoms with Crippen LogP contribution in [0.15, 0.2) is 45.5 Å². The molecule has 1 aromatic heterocycles. The number of nitrogens with one attached hydrogen (secondary N) is 1. The van der Waals surface area contributed by atoms with Gasteiger partial charge in [0.05, 0.1) is 6.26 Å². The second-order valence-corrected chi connectivity index (χ2v) is 5.03. The van der Waals surface area contributed by atoms with E-state index in [0.29, 0.717) is 0 Å². The lowest BCUT2D eigenvalue weighted by molar-refractivity contribution is 0.485. The Morgan fingerprint density at radius 3 is 2.89 bits per heavy atom. The molecule has 96 valence electrons. The van der Waals surface area contributed by atoms with Gasteiger partial charge in [0, 0.05) is 23.5 Å². The zero-order valence-electron chi connectivity index (χ0n) is 10.1. The van der Waals surface area contributed by atoms with Crippen molar-refractivity contribution in [2.75, 3.05) is 6.54 Å². The molecule has 0 saturated carbocycles. The van der Waals surface area contributed by atoms with Gasteiger partial charge in [0.2, 0.25) is 0 Å². The van der Waals surface area contributed by atoms with Crippen molar-refractivity contribution in [3.8, 4) is 0 Å². The minimum atomic E-state index is -0.228. The van der Waals surface area contributed by atoms with Crippen molar-refractivity contribution < 1.29 is 8.81 Å². The van der Waals surface area contributed by atoms with Crippen molar-refractivity contribution in [1.82, 2.24) is 5.32 Å². The summed E-state index contributed by atoms with van der Waals surface area (Å²) in [7, 11) is 0. The van der Waals surface area contributed by atoms with E-state index in [1.807, 2.05) is 12.1 Å². The highest BCUT2D eigenvalue weighted by Gasteiger charge is 2.09. The minimum Gasteiger partial charge on any atom is -0.469 e. The van der Waals surface area contributed by atoms with Crippen LogP contribution in [0.4, 0.5) is 4.39 Å². The third-order valence-electron chi connectivity index (χ3n) is 2.83. The molecule has 2 aromatic rings. The van der Waals surface area contributed by atoms with Gasteiger partial charge in [0.15, 0.2) is 0 Å². The zero-order chi connectivity index (χ0) is 13.0. The molecule has 2 rings (SSSR count). The number of halogens is 2. The van der Waals surface area contributed by atoms with E-state index >= 15 is 0 Å². The quantitative estimate of drug-likeness (QED) is 0.900. The van der Waals surface area contributed by atoms with Crippen LogP contribution in [0.5, 0.6) is 0 Å². The number of hydrogen-bond acceptors (Lipinski definition) is 2. The van der Waals surface area contributed by atoms with Gasteiger partial charge in [-0.25, -0.2) is 4.39 Å². The van der Waals surface area contributed by atoms with Gasteiger partial charge >= 0.3 is 0 Å². The van der Waals surface area contributed by atoms with Crippen molar-refractivity contribution in [1.29, 1.82) is 0 Å². The van der Waals surface area contributed by atoms with E-state index in [-0.39, 0.29) is 11.9 Å². The third-order valence-corrected chi connectivity index (χ3v) is 3.52. The summed E-state index contributed by atoms with van der Waals surface area (Å²) in [4.78, 5) is 0. The van der Waals surface area contributed by atoms with Crippen LogP contribution in [0, 0.1) is 5.82 Å². The Balaban J connectivity index is 1.89. The van der Waals surface area contributed by atoms with Crippen molar-refractivity contribution in [3.63, 3.8) is 0 Å². The molecular weight excluding hydrogens is 297 g/mol. The molecule has 2 nitrogen and oxygen atoms in total. The summed E-state index contributed by atoms with van der Waals surface area (Å²) in [5.41, 5.74) is 1.05. The fourth-order valence-electron chi connectivity index (χ4n) is 1.83. The Morgan fingerprint density at radius 1 is 1.39 bits per heavy atom. The van der Waals surface area contributed by atoms with Gasteiger partial charge in [-0.05, 0) is 36.8 Å². The van der Waals surface area contributed by atoms with Crippen molar-refractivity contribution >= 4 is 15.9 Å². The number of rotatable bonds is 5. The Bertz CT molecular complexity index is 499. The van der Waals surface area contributed by atoms with Gasteiger partial charge in [0.1, 0.15) is 11.6 Å². The van der Waals surface area contributed by atoms with Crippen LogP contribution in [0.1, 0.15) is 24.3 Å². The average Bonchev–Trinajstić information content (AvgIpc) is 2.81. The molecule has 0 aliphatic heterocycles. The number of benzene rings is 1. The van der Waals surface area contributed by atoms with E-state index in [2.05, 4.69) is 28.2 Å². The average molecular weight is 312 g/mol. The first-order valence-electron chi connectivity index (χ1n) is 5.87. The normalized spacial score (nSPS) is 12.6.